The van der Waals surface area contributed by atoms with Crippen LogP contribution >= 0.6 is 0 Å². The first kappa shape index (κ1) is 23.5. The molecule has 0 atom stereocenters. The van der Waals surface area contributed by atoms with Crippen LogP contribution in [0.5, 0.6) is 0 Å². The average molecular weight is 415 g/mol. The summed E-state index contributed by atoms with van der Waals surface area (Å²) >= 11 is 0. The number of sulfone groups is 1. The summed E-state index contributed by atoms with van der Waals surface area (Å²) in [5.41, 5.74) is 0.165. The summed E-state index contributed by atoms with van der Waals surface area (Å²) in [6, 6.07) is 0. The fourth-order valence-electron chi connectivity index (χ4n) is 4.52. The Morgan fingerprint density at radius 3 is 2.21 bits per heavy atom. The highest BCUT2D eigenvalue weighted by molar-refractivity contribution is 7.90. The summed E-state index contributed by atoms with van der Waals surface area (Å²) in [6.07, 6.45) is 12.5. The first-order valence-corrected chi connectivity index (χ1v) is 13.1. The Bertz CT molecular complexity index is 604. The van der Waals surface area contributed by atoms with Crippen LogP contribution in [0.2, 0.25) is 0 Å². The molecule has 0 aromatic heterocycles. The number of aliphatic imine (C=N–C) groups is 1. The molecule has 2 rings (SSSR count). The number of likely N-dealkylation sites (tertiary alicyclic amines) is 1. The summed E-state index contributed by atoms with van der Waals surface area (Å²) in [6.45, 7) is 8.32. The fraction of sp³-hybridized carbons (Fsp3) is 0.952. The normalized spacial score (nSPS) is 22.1. The van der Waals surface area contributed by atoms with Crippen LogP contribution in [0, 0.1) is 5.41 Å². The Hall–Kier alpha value is -0.820. The smallest absolute Gasteiger partial charge is 0.191 e. The van der Waals surface area contributed by atoms with Gasteiger partial charge in [-0.3, -0.25) is 9.89 Å². The van der Waals surface area contributed by atoms with Crippen LogP contribution in [0.15, 0.2) is 4.99 Å². The molecular weight excluding hydrogens is 372 g/mol. The number of hydrogen-bond acceptors (Lipinski definition) is 4. The highest BCUT2D eigenvalue weighted by Gasteiger charge is 2.38. The summed E-state index contributed by atoms with van der Waals surface area (Å²) in [5, 5.41) is 7.03. The maximum Gasteiger partial charge on any atom is 0.191 e. The lowest BCUT2D eigenvalue weighted by molar-refractivity contribution is 0.0368. The maximum atomic E-state index is 11.5. The zero-order valence-electron chi connectivity index (χ0n) is 18.5. The monoisotopic (exact) mass is 414 g/mol. The highest BCUT2D eigenvalue weighted by Crippen LogP contribution is 2.35. The number of piperidine rings is 1. The summed E-state index contributed by atoms with van der Waals surface area (Å²) < 4.78 is 22.9. The lowest BCUT2D eigenvalue weighted by atomic mass is 9.79. The van der Waals surface area contributed by atoms with E-state index in [1.807, 2.05) is 7.05 Å². The molecule has 2 N–H and O–H groups in total. The lowest BCUT2D eigenvalue weighted by Gasteiger charge is -2.48. The van der Waals surface area contributed by atoms with Crippen molar-refractivity contribution in [1.82, 2.24) is 15.5 Å². The van der Waals surface area contributed by atoms with Crippen LogP contribution in [0.3, 0.4) is 0 Å². The average Bonchev–Trinajstić information content (AvgIpc) is 2.67. The van der Waals surface area contributed by atoms with Gasteiger partial charge in [0.05, 0.1) is 5.75 Å². The van der Waals surface area contributed by atoms with E-state index >= 15 is 0 Å². The van der Waals surface area contributed by atoms with Crippen molar-refractivity contribution in [2.24, 2.45) is 10.4 Å². The van der Waals surface area contributed by atoms with Gasteiger partial charge in [0.1, 0.15) is 9.84 Å². The molecule has 1 saturated carbocycles. The van der Waals surface area contributed by atoms with E-state index in [1.54, 1.807) is 0 Å². The third-order valence-electron chi connectivity index (χ3n) is 6.50. The van der Waals surface area contributed by atoms with Gasteiger partial charge in [-0.2, -0.15) is 0 Å². The molecule has 0 aromatic carbocycles. The van der Waals surface area contributed by atoms with Crippen LogP contribution in [-0.2, 0) is 9.84 Å². The number of hydrogen-bond donors (Lipinski definition) is 2. The minimum Gasteiger partial charge on any atom is -0.356 e. The third-order valence-corrected chi connectivity index (χ3v) is 7.45. The summed E-state index contributed by atoms with van der Waals surface area (Å²) in [4.78, 5) is 7.16. The highest BCUT2D eigenvalue weighted by atomic mass is 32.2. The van der Waals surface area contributed by atoms with Crippen LogP contribution < -0.4 is 10.6 Å². The van der Waals surface area contributed by atoms with E-state index in [-0.39, 0.29) is 16.7 Å². The van der Waals surface area contributed by atoms with E-state index < -0.39 is 9.84 Å². The predicted molar refractivity (Wildman–Crippen MR) is 119 cm³/mol. The van der Waals surface area contributed by atoms with Gasteiger partial charge >= 0.3 is 0 Å². The first-order valence-electron chi connectivity index (χ1n) is 11.0. The predicted octanol–water partition coefficient (Wildman–Crippen LogP) is 2.80. The molecule has 2 aliphatic rings. The van der Waals surface area contributed by atoms with Gasteiger partial charge in [-0.15, -0.1) is 0 Å². The number of guanidine groups is 1. The van der Waals surface area contributed by atoms with Crippen molar-refractivity contribution in [1.29, 1.82) is 0 Å². The van der Waals surface area contributed by atoms with Gasteiger partial charge in [-0.25, -0.2) is 8.42 Å². The Kier molecular flexibility index (Phi) is 8.61. The molecule has 2 fully saturated rings. The molecule has 7 heteroatoms. The van der Waals surface area contributed by atoms with E-state index in [2.05, 4.69) is 34.4 Å². The van der Waals surface area contributed by atoms with Crippen molar-refractivity contribution in [2.75, 3.05) is 45.2 Å². The summed E-state index contributed by atoms with van der Waals surface area (Å²) in [5.74, 6) is 1.06. The summed E-state index contributed by atoms with van der Waals surface area (Å²) in [7, 11) is -1.11. The third kappa shape index (κ3) is 7.54. The largest absolute Gasteiger partial charge is 0.356 e. The van der Waals surface area contributed by atoms with Gasteiger partial charge < -0.3 is 10.6 Å². The minimum absolute atomic E-state index is 0.101. The standard InChI is InChI=1S/C21H42N4O2S/c1-20(2,13-16-28(4,26)27)17-23-19(22-3)24-18-21(11-7-5-8-12-21)25-14-9-6-10-15-25/h5-18H2,1-4H3,(H2,22,23,24). The topological polar surface area (TPSA) is 73.8 Å². The van der Waals surface area contributed by atoms with Crippen molar-refractivity contribution in [3.05, 3.63) is 0 Å². The van der Waals surface area contributed by atoms with E-state index in [0.29, 0.717) is 13.0 Å². The van der Waals surface area contributed by atoms with Gasteiger partial charge in [0.15, 0.2) is 5.96 Å². The Balaban J connectivity index is 1.90. The van der Waals surface area contributed by atoms with Crippen LogP contribution in [0.25, 0.3) is 0 Å². The van der Waals surface area contributed by atoms with E-state index in [0.717, 1.165) is 12.5 Å². The second kappa shape index (κ2) is 10.3. The zero-order valence-corrected chi connectivity index (χ0v) is 19.3. The molecule has 0 radical (unpaired) electrons. The molecule has 164 valence electrons. The molecule has 0 bridgehead atoms. The molecule has 6 nitrogen and oxygen atoms in total. The van der Waals surface area contributed by atoms with Gasteiger partial charge in [0.2, 0.25) is 0 Å². The number of nitrogens with one attached hydrogen (secondary N) is 2. The Morgan fingerprint density at radius 1 is 1.04 bits per heavy atom. The first-order chi connectivity index (χ1) is 13.2. The minimum atomic E-state index is -2.93. The quantitative estimate of drug-likeness (QED) is 0.472. The molecule has 1 saturated heterocycles. The molecule has 1 heterocycles. The van der Waals surface area contributed by atoms with E-state index in [9.17, 15) is 8.42 Å². The van der Waals surface area contributed by atoms with Gasteiger partial charge in [0, 0.05) is 31.9 Å². The molecule has 0 spiro atoms. The molecule has 0 amide bonds. The molecule has 28 heavy (non-hydrogen) atoms. The van der Waals surface area contributed by atoms with E-state index in [1.165, 1.54) is 70.7 Å². The molecule has 0 aromatic rings. The van der Waals surface area contributed by atoms with Crippen LogP contribution in [-0.4, -0.2) is 70.1 Å². The molecular formula is C21H42N4O2S. The van der Waals surface area contributed by atoms with Crippen molar-refractivity contribution in [3.63, 3.8) is 0 Å². The lowest BCUT2D eigenvalue weighted by Crippen LogP contribution is -2.59. The molecule has 0 unspecified atom stereocenters. The zero-order chi connectivity index (χ0) is 20.7. The van der Waals surface area contributed by atoms with Gasteiger partial charge in [0.25, 0.3) is 0 Å². The maximum absolute atomic E-state index is 11.5. The Morgan fingerprint density at radius 2 is 1.64 bits per heavy atom. The van der Waals surface area contributed by atoms with Crippen molar-refractivity contribution < 1.29 is 8.42 Å². The fourth-order valence-corrected chi connectivity index (χ4v) is 5.45. The molecule has 1 aliphatic heterocycles. The number of nitrogens with zero attached hydrogens (tertiary/aromatic N) is 2. The van der Waals surface area contributed by atoms with Gasteiger partial charge in [-0.05, 0) is 50.6 Å². The number of rotatable bonds is 8. The van der Waals surface area contributed by atoms with Crippen LogP contribution in [0.1, 0.15) is 71.6 Å². The van der Waals surface area contributed by atoms with Crippen LogP contribution in [0.4, 0.5) is 0 Å². The Labute approximate surface area is 172 Å². The second-order valence-electron chi connectivity index (χ2n) is 9.66. The van der Waals surface area contributed by atoms with Crippen molar-refractivity contribution >= 4 is 15.8 Å². The second-order valence-corrected chi connectivity index (χ2v) is 11.9. The molecule has 1 aliphatic carbocycles. The van der Waals surface area contributed by atoms with E-state index in [4.69, 9.17) is 0 Å². The van der Waals surface area contributed by atoms with Crippen molar-refractivity contribution in [3.8, 4) is 0 Å². The van der Waals surface area contributed by atoms with Gasteiger partial charge in [-0.1, -0.05) is 39.5 Å². The SMILES string of the molecule is CN=C(NCC(C)(C)CCS(C)(=O)=O)NCC1(N2CCCCC2)CCCCC1. The van der Waals surface area contributed by atoms with Crippen molar-refractivity contribution in [2.45, 2.75) is 77.2 Å².